The maximum Gasteiger partial charge on any atom is 0.417 e. The van der Waals surface area contributed by atoms with Crippen LogP contribution in [0.1, 0.15) is 45.6 Å². The highest BCUT2D eigenvalue weighted by molar-refractivity contribution is 6.31. The van der Waals surface area contributed by atoms with E-state index in [1.54, 1.807) is 4.90 Å². The van der Waals surface area contributed by atoms with E-state index >= 15 is 0 Å². The van der Waals surface area contributed by atoms with Gasteiger partial charge in [-0.3, -0.25) is 9.59 Å². The summed E-state index contributed by atoms with van der Waals surface area (Å²) < 4.78 is 39.1. The summed E-state index contributed by atoms with van der Waals surface area (Å²) in [5, 5.41) is -0.433. The van der Waals surface area contributed by atoms with Crippen molar-refractivity contribution in [2.24, 2.45) is 0 Å². The van der Waals surface area contributed by atoms with Crippen molar-refractivity contribution in [3.63, 3.8) is 0 Å². The summed E-state index contributed by atoms with van der Waals surface area (Å²) >= 11 is 5.62. The van der Waals surface area contributed by atoms with Gasteiger partial charge in [0.05, 0.1) is 10.6 Å². The van der Waals surface area contributed by atoms with Gasteiger partial charge in [-0.1, -0.05) is 25.4 Å². The van der Waals surface area contributed by atoms with E-state index in [2.05, 4.69) is 0 Å². The first kappa shape index (κ1) is 22.3. The van der Waals surface area contributed by atoms with Crippen LogP contribution in [0.4, 0.5) is 18.9 Å². The number of alkyl halides is 3. The molecule has 0 bridgehead atoms. The Morgan fingerprint density at radius 3 is 2.12 bits per heavy atom. The summed E-state index contributed by atoms with van der Waals surface area (Å²) in [5.74, 6) is -0.560. The fourth-order valence-electron chi connectivity index (χ4n) is 2.63. The van der Waals surface area contributed by atoms with Crippen molar-refractivity contribution < 1.29 is 22.8 Å². The van der Waals surface area contributed by atoms with E-state index in [0.29, 0.717) is 13.1 Å². The van der Waals surface area contributed by atoms with Gasteiger partial charge in [0.15, 0.2) is 0 Å². The highest BCUT2D eigenvalue weighted by Gasteiger charge is 2.34. The molecule has 0 heterocycles. The molecule has 1 aromatic rings. The van der Waals surface area contributed by atoms with Crippen molar-refractivity contribution in [2.45, 2.75) is 46.2 Å². The molecule has 0 spiro atoms. The number of hydrogen-bond acceptors (Lipinski definition) is 2. The van der Waals surface area contributed by atoms with Gasteiger partial charge in [-0.15, -0.1) is 0 Å². The molecule has 0 saturated heterocycles. The van der Waals surface area contributed by atoms with Gasteiger partial charge in [-0.2, -0.15) is 13.2 Å². The van der Waals surface area contributed by atoms with Crippen LogP contribution in [0.15, 0.2) is 18.2 Å². The highest BCUT2D eigenvalue weighted by Crippen LogP contribution is 2.37. The van der Waals surface area contributed by atoms with Gasteiger partial charge in [-0.05, 0) is 31.0 Å². The monoisotopic (exact) mass is 392 g/mol. The standard InChI is InChI=1S/C18H24ClF3N2O2/c1-4-9-23(10-5-2)17(26)8-11-24(13(3)25)14-6-7-16(19)15(12-14)18(20,21)22/h6-7,12H,4-5,8-11H2,1-3H3. The number of halogens is 4. The molecule has 0 radical (unpaired) electrons. The molecule has 0 fully saturated rings. The first-order valence-corrected chi connectivity index (χ1v) is 8.92. The number of amides is 2. The minimum atomic E-state index is -4.62. The summed E-state index contributed by atoms with van der Waals surface area (Å²) in [5.41, 5.74) is -0.938. The van der Waals surface area contributed by atoms with Crippen molar-refractivity contribution in [1.82, 2.24) is 4.90 Å². The largest absolute Gasteiger partial charge is 0.417 e. The first-order chi connectivity index (χ1) is 12.1. The number of anilines is 1. The average molecular weight is 393 g/mol. The van der Waals surface area contributed by atoms with Crippen LogP contribution in [0.25, 0.3) is 0 Å². The molecule has 0 atom stereocenters. The number of carbonyl (C=O) groups is 2. The predicted octanol–water partition coefficient (Wildman–Crippen LogP) is 4.75. The number of benzene rings is 1. The Bertz CT molecular complexity index is 629. The summed E-state index contributed by atoms with van der Waals surface area (Å²) in [4.78, 5) is 27.1. The molecule has 2 amide bonds. The number of nitrogens with zero attached hydrogens (tertiary/aromatic N) is 2. The molecule has 1 rings (SSSR count). The van der Waals surface area contributed by atoms with Gasteiger partial charge in [0.1, 0.15) is 0 Å². The lowest BCUT2D eigenvalue weighted by molar-refractivity contribution is -0.137. The second-order valence-electron chi connectivity index (χ2n) is 5.96. The first-order valence-electron chi connectivity index (χ1n) is 8.54. The van der Waals surface area contributed by atoms with Gasteiger partial charge in [0.2, 0.25) is 11.8 Å². The molecule has 8 heteroatoms. The summed E-state index contributed by atoms with van der Waals surface area (Å²) in [6, 6.07) is 3.29. The predicted molar refractivity (Wildman–Crippen MR) is 96.3 cm³/mol. The molecule has 1 aromatic carbocycles. The smallest absolute Gasteiger partial charge is 0.343 e. The van der Waals surface area contributed by atoms with Crippen LogP contribution in [0.5, 0.6) is 0 Å². The Balaban J connectivity index is 2.97. The van der Waals surface area contributed by atoms with E-state index in [1.165, 1.54) is 17.9 Å². The highest BCUT2D eigenvalue weighted by atomic mass is 35.5. The molecule has 0 aliphatic rings. The van der Waals surface area contributed by atoms with Crippen LogP contribution in [-0.2, 0) is 15.8 Å². The zero-order valence-electron chi connectivity index (χ0n) is 15.2. The lowest BCUT2D eigenvalue weighted by Crippen LogP contribution is -2.37. The lowest BCUT2D eigenvalue weighted by Gasteiger charge is -2.25. The molecule has 0 saturated carbocycles. The van der Waals surface area contributed by atoms with Gasteiger partial charge in [-0.25, -0.2) is 0 Å². The molecule has 4 nitrogen and oxygen atoms in total. The third-order valence-corrected chi connectivity index (χ3v) is 4.17. The summed E-state index contributed by atoms with van der Waals surface area (Å²) in [6.07, 6.45) is -2.95. The normalized spacial score (nSPS) is 11.3. The Hall–Kier alpha value is -1.76. The molecule has 0 aliphatic heterocycles. The number of carbonyl (C=O) groups excluding carboxylic acids is 2. The number of rotatable bonds is 8. The second-order valence-corrected chi connectivity index (χ2v) is 6.37. The van der Waals surface area contributed by atoms with Crippen LogP contribution < -0.4 is 4.90 Å². The molecule has 0 aromatic heterocycles. The van der Waals surface area contributed by atoms with Crippen molar-refractivity contribution in [3.05, 3.63) is 28.8 Å². The van der Waals surface area contributed by atoms with Gasteiger partial charge in [0.25, 0.3) is 0 Å². The Morgan fingerprint density at radius 2 is 1.65 bits per heavy atom. The van der Waals surface area contributed by atoms with E-state index in [9.17, 15) is 22.8 Å². The zero-order chi connectivity index (χ0) is 19.9. The van der Waals surface area contributed by atoms with E-state index in [-0.39, 0.29) is 24.6 Å². The van der Waals surface area contributed by atoms with Crippen LogP contribution in [-0.4, -0.2) is 36.3 Å². The van der Waals surface area contributed by atoms with E-state index in [4.69, 9.17) is 11.6 Å². The molecule has 146 valence electrons. The van der Waals surface area contributed by atoms with Crippen LogP contribution >= 0.6 is 11.6 Å². The lowest BCUT2D eigenvalue weighted by atomic mass is 10.1. The molecule has 0 N–H and O–H groups in total. The molecular weight excluding hydrogens is 369 g/mol. The summed E-state index contributed by atoms with van der Waals surface area (Å²) in [6.45, 7) is 6.42. The topological polar surface area (TPSA) is 40.6 Å². The van der Waals surface area contributed by atoms with Crippen molar-refractivity contribution >= 4 is 29.1 Å². The van der Waals surface area contributed by atoms with Crippen LogP contribution in [0, 0.1) is 0 Å². The van der Waals surface area contributed by atoms with Crippen molar-refractivity contribution in [2.75, 3.05) is 24.5 Å². The van der Waals surface area contributed by atoms with Gasteiger partial charge in [0, 0.05) is 38.7 Å². The Kier molecular flexibility index (Phi) is 8.40. The van der Waals surface area contributed by atoms with E-state index in [0.717, 1.165) is 25.0 Å². The third kappa shape index (κ3) is 6.20. The minimum absolute atomic E-state index is 0.0109. The van der Waals surface area contributed by atoms with Crippen molar-refractivity contribution in [1.29, 1.82) is 0 Å². The quantitative estimate of drug-likeness (QED) is 0.640. The Labute approximate surface area is 156 Å². The molecule has 0 aliphatic carbocycles. The van der Waals surface area contributed by atoms with Crippen LogP contribution in [0.3, 0.4) is 0 Å². The van der Waals surface area contributed by atoms with E-state index < -0.39 is 22.7 Å². The van der Waals surface area contributed by atoms with Crippen LogP contribution in [0.2, 0.25) is 5.02 Å². The summed E-state index contributed by atoms with van der Waals surface area (Å²) in [7, 11) is 0. The maximum absolute atomic E-state index is 13.0. The number of hydrogen-bond donors (Lipinski definition) is 0. The van der Waals surface area contributed by atoms with Gasteiger partial charge < -0.3 is 9.80 Å². The SMILES string of the molecule is CCCN(CCC)C(=O)CCN(C(C)=O)c1ccc(Cl)c(C(F)(F)F)c1. The second kappa shape index (κ2) is 9.80. The van der Waals surface area contributed by atoms with Gasteiger partial charge >= 0.3 is 6.18 Å². The molecule has 0 unspecified atom stereocenters. The fourth-order valence-corrected chi connectivity index (χ4v) is 2.86. The van der Waals surface area contributed by atoms with E-state index in [1.807, 2.05) is 13.8 Å². The average Bonchev–Trinajstić information content (AvgIpc) is 2.54. The van der Waals surface area contributed by atoms with Crippen molar-refractivity contribution in [3.8, 4) is 0 Å². The minimum Gasteiger partial charge on any atom is -0.343 e. The molecule has 26 heavy (non-hydrogen) atoms. The Morgan fingerprint density at radius 1 is 1.08 bits per heavy atom. The fraction of sp³-hybridized carbons (Fsp3) is 0.556. The zero-order valence-corrected chi connectivity index (χ0v) is 16.0. The molecular formula is C18H24ClF3N2O2. The maximum atomic E-state index is 13.0. The third-order valence-electron chi connectivity index (χ3n) is 3.84.